The molecule has 0 aliphatic rings. The van der Waals surface area contributed by atoms with Gasteiger partial charge in [0.25, 0.3) is 0 Å². The Hall–Kier alpha value is -1.09. The first-order chi connectivity index (χ1) is 6.83. The van der Waals surface area contributed by atoms with E-state index in [9.17, 15) is 0 Å². The SMILES string of the molecule is CC(CN)CCCNc1ccccn1. The summed E-state index contributed by atoms with van der Waals surface area (Å²) in [5.74, 6) is 1.58. The highest BCUT2D eigenvalue weighted by molar-refractivity contribution is 5.32. The summed E-state index contributed by atoms with van der Waals surface area (Å²) in [6, 6.07) is 5.88. The zero-order valence-electron chi connectivity index (χ0n) is 8.74. The van der Waals surface area contributed by atoms with Crippen LogP contribution in [0.2, 0.25) is 0 Å². The van der Waals surface area contributed by atoms with Crippen molar-refractivity contribution in [2.45, 2.75) is 19.8 Å². The van der Waals surface area contributed by atoms with Crippen LogP contribution < -0.4 is 11.1 Å². The molecule has 0 bridgehead atoms. The number of nitrogens with two attached hydrogens (primary N) is 1. The van der Waals surface area contributed by atoms with Crippen molar-refractivity contribution in [1.29, 1.82) is 0 Å². The Morgan fingerprint density at radius 2 is 2.36 bits per heavy atom. The summed E-state index contributed by atoms with van der Waals surface area (Å²) in [5, 5.41) is 3.27. The van der Waals surface area contributed by atoms with Crippen molar-refractivity contribution in [3.63, 3.8) is 0 Å². The molecule has 1 aromatic heterocycles. The molecule has 0 saturated heterocycles. The Labute approximate surface area is 85.7 Å². The van der Waals surface area contributed by atoms with Crippen LogP contribution in [-0.4, -0.2) is 18.1 Å². The molecule has 1 heterocycles. The first-order valence-corrected chi connectivity index (χ1v) is 5.18. The second-order valence-electron chi connectivity index (χ2n) is 3.62. The van der Waals surface area contributed by atoms with E-state index in [1.165, 1.54) is 6.42 Å². The Morgan fingerprint density at radius 1 is 1.50 bits per heavy atom. The zero-order chi connectivity index (χ0) is 10.2. The monoisotopic (exact) mass is 193 g/mol. The summed E-state index contributed by atoms with van der Waals surface area (Å²) in [6.45, 7) is 3.94. The highest BCUT2D eigenvalue weighted by Gasteiger charge is 1.98. The molecular weight excluding hydrogens is 174 g/mol. The molecule has 0 fully saturated rings. The molecule has 0 radical (unpaired) electrons. The van der Waals surface area contributed by atoms with Gasteiger partial charge >= 0.3 is 0 Å². The molecule has 0 aliphatic heterocycles. The lowest BCUT2D eigenvalue weighted by atomic mass is 10.1. The fraction of sp³-hybridized carbons (Fsp3) is 0.545. The minimum absolute atomic E-state index is 0.625. The van der Waals surface area contributed by atoms with Crippen molar-refractivity contribution in [3.8, 4) is 0 Å². The van der Waals surface area contributed by atoms with Gasteiger partial charge < -0.3 is 11.1 Å². The maximum Gasteiger partial charge on any atom is 0.125 e. The molecule has 14 heavy (non-hydrogen) atoms. The topological polar surface area (TPSA) is 50.9 Å². The van der Waals surface area contributed by atoms with Crippen LogP contribution >= 0.6 is 0 Å². The van der Waals surface area contributed by atoms with Crippen LogP contribution in [0, 0.1) is 5.92 Å². The minimum atomic E-state index is 0.625. The third-order valence-corrected chi connectivity index (χ3v) is 2.25. The van der Waals surface area contributed by atoms with E-state index in [2.05, 4.69) is 17.2 Å². The first-order valence-electron chi connectivity index (χ1n) is 5.18. The number of hydrogen-bond acceptors (Lipinski definition) is 3. The van der Waals surface area contributed by atoms with Crippen molar-refractivity contribution in [3.05, 3.63) is 24.4 Å². The maximum atomic E-state index is 5.53. The minimum Gasteiger partial charge on any atom is -0.370 e. The van der Waals surface area contributed by atoms with Crippen molar-refractivity contribution in [2.24, 2.45) is 11.7 Å². The van der Waals surface area contributed by atoms with E-state index in [0.29, 0.717) is 5.92 Å². The number of hydrogen-bond donors (Lipinski definition) is 2. The molecule has 1 unspecified atom stereocenters. The van der Waals surface area contributed by atoms with Gasteiger partial charge in [0.05, 0.1) is 0 Å². The van der Waals surface area contributed by atoms with Crippen LogP contribution in [0.4, 0.5) is 5.82 Å². The van der Waals surface area contributed by atoms with E-state index in [0.717, 1.165) is 25.3 Å². The predicted octanol–water partition coefficient (Wildman–Crippen LogP) is 1.87. The summed E-state index contributed by atoms with van der Waals surface area (Å²) in [5.41, 5.74) is 5.53. The molecule has 0 amide bonds. The lowest BCUT2D eigenvalue weighted by Crippen LogP contribution is -2.12. The molecule has 78 valence electrons. The molecular formula is C11H19N3. The van der Waals surface area contributed by atoms with E-state index in [1.54, 1.807) is 6.20 Å². The molecule has 1 aromatic rings. The largest absolute Gasteiger partial charge is 0.370 e. The van der Waals surface area contributed by atoms with Crippen molar-refractivity contribution in [1.82, 2.24) is 4.98 Å². The quantitative estimate of drug-likeness (QED) is 0.678. The van der Waals surface area contributed by atoms with Crippen LogP contribution in [-0.2, 0) is 0 Å². The van der Waals surface area contributed by atoms with Gasteiger partial charge in [-0.2, -0.15) is 0 Å². The molecule has 1 rings (SSSR count). The molecule has 1 atom stereocenters. The summed E-state index contributed by atoms with van der Waals surface area (Å²) in [6.07, 6.45) is 4.12. The van der Waals surface area contributed by atoms with Gasteiger partial charge in [0, 0.05) is 12.7 Å². The highest BCUT2D eigenvalue weighted by atomic mass is 15.0. The second kappa shape index (κ2) is 6.38. The Bertz CT molecular complexity index is 236. The molecule has 0 aliphatic carbocycles. The summed E-state index contributed by atoms with van der Waals surface area (Å²) in [7, 11) is 0. The molecule has 3 N–H and O–H groups in total. The number of aromatic nitrogens is 1. The average Bonchev–Trinajstić information content (AvgIpc) is 2.25. The lowest BCUT2D eigenvalue weighted by molar-refractivity contribution is 0.529. The number of nitrogens with zero attached hydrogens (tertiary/aromatic N) is 1. The van der Waals surface area contributed by atoms with Gasteiger partial charge in [0.2, 0.25) is 0 Å². The van der Waals surface area contributed by atoms with Gasteiger partial charge in [-0.25, -0.2) is 4.98 Å². The molecule has 0 saturated carbocycles. The van der Waals surface area contributed by atoms with Crippen LogP contribution in [0.3, 0.4) is 0 Å². The number of pyridine rings is 1. The lowest BCUT2D eigenvalue weighted by Gasteiger charge is -2.08. The molecule has 3 heteroatoms. The third-order valence-electron chi connectivity index (χ3n) is 2.25. The third kappa shape index (κ3) is 4.23. The molecule has 3 nitrogen and oxygen atoms in total. The second-order valence-corrected chi connectivity index (χ2v) is 3.62. The van der Waals surface area contributed by atoms with E-state index < -0.39 is 0 Å². The van der Waals surface area contributed by atoms with Gasteiger partial charge in [0.1, 0.15) is 5.82 Å². The maximum absolute atomic E-state index is 5.53. The number of anilines is 1. The van der Waals surface area contributed by atoms with Gasteiger partial charge in [-0.05, 0) is 37.4 Å². The Balaban J connectivity index is 2.10. The van der Waals surface area contributed by atoms with Gasteiger partial charge in [-0.1, -0.05) is 13.0 Å². The number of rotatable bonds is 6. The standard InChI is InChI=1S/C11H19N3/c1-10(9-12)5-4-8-14-11-6-2-3-7-13-11/h2-3,6-7,10H,4-5,8-9,12H2,1H3,(H,13,14). The first kappa shape index (κ1) is 11.0. The normalized spacial score (nSPS) is 12.4. The average molecular weight is 193 g/mol. The van der Waals surface area contributed by atoms with Gasteiger partial charge in [-0.3, -0.25) is 0 Å². The van der Waals surface area contributed by atoms with Crippen LogP contribution in [0.1, 0.15) is 19.8 Å². The molecule has 0 aromatic carbocycles. The summed E-state index contributed by atoms with van der Waals surface area (Å²) < 4.78 is 0. The van der Waals surface area contributed by atoms with Crippen LogP contribution in [0.5, 0.6) is 0 Å². The zero-order valence-corrected chi connectivity index (χ0v) is 8.74. The van der Waals surface area contributed by atoms with E-state index in [1.807, 2.05) is 18.2 Å². The van der Waals surface area contributed by atoms with E-state index in [-0.39, 0.29) is 0 Å². The van der Waals surface area contributed by atoms with Gasteiger partial charge in [-0.15, -0.1) is 0 Å². The van der Waals surface area contributed by atoms with Crippen LogP contribution in [0.25, 0.3) is 0 Å². The summed E-state index contributed by atoms with van der Waals surface area (Å²) >= 11 is 0. The highest BCUT2D eigenvalue weighted by Crippen LogP contribution is 2.04. The fourth-order valence-electron chi connectivity index (χ4n) is 1.25. The smallest absolute Gasteiger partial charge is 0.125 e. The van der Waals surface area contributed by atoms with Crippen molar-refractivity contribution in [2.75, 3.05) is 18.4 Å². The fourth-order valence-corrected chi connectivity index (χ4v) is 1.25. The Kier molecular flexibility index (Phi) is 5.00. The van der Waals surface area contributed by atoms with Gasteiger partial charge in [0.15, 0.2) is 0 Å². The number of nitrogens with one attached hydrogen (secondary N) is 1. The van der Waals surface area contributed by atoms with Crippen molar-refractivity contribution >= 4 is 5.82 Å². The predicted molar refractivity (Wildman–Crippen MR) is 60.2 cm³/mol. The van der Waals surface area contributed by atoms with E-state index in [4.69, 9.17) is 5.73 Å². The molecule has 0 spiro atoms. The Morgan fingerprint density at radius 3 is 3.00 bits per heavy atom. The van der Waals surface area contributed by atoms with Crippen LogP contribution in [0.15, 0.2) is 24.4 Å². The van der Waals surface area contributed by atoms with E-state index >= 15 is 0 Å². The summed E-state index contributed by atoms with van der Waals surface area (Å²) in [4.78, 5) is 4.18. The van der Waals surface area contributed by atoms with Crippen molar-refractivity contribution < 1.29 is 0 Å².